The van der Waals surface area contributed by atoms with Crippen LogP contribution in [0.3, 0.4) is 0 Å². The summed E-state index contributed by atoms with van der Waals surface area (Å²) in [7, 11) is 0. The van der Waals surface area contributed by atoms with Crippen LogP contribution in [0, 0.1) is 0 Å². The van der Waals surface area contributed by atoms with Gasteiger partial charge in [0.05, 0.1) is 12.2 Å². The highest BCUT2D eigenvalue weighted by atomic mass is 16.5. The minimum Gasteiger partial charge on any atom is -0.493 e. The zero-order chi connectivity index (χ0) is 16.0. The summed E-state index contributed by atoms with van der Waals surface area (Å²) in [5, 5.41) is 0. The van der Waals surface area contributed by atoms with Crippen molar-refractivity contribution >= 4 is 5.91 Å². The number of primary amides is 1. The number of carbonyl (C=O) groups excluding carboxylic acids is 1. The topological polar surface area (TPSA) is 52.3 Å². The number of rotatable bonds is 13. The molecule has 3 heteroatoms. The van der Waals surface area contributed by atoms with Crippen molar-refractivity contribution in [3.8, 4) is 5.75 Å². The molecule has 0 fully saturated rings. The van der Waals surface area contributed by atoms with E-state index in [-0.39, 0.29) is 0 Å². The number of benzene rings is 1. The van der Waals surface area contributed by atoms with Gasteiger partial charge in [0.15, 0.2) is 0 Å². The van der Waals surface area contributed by atoms with E-state index in [2.05, 4.69) is 6.92 Å². The number of amides is 1. The van der Waals surface area contributed by atoms with Crippen molar-refractivity contribution in [3.05, 3.63) is 29.8 Å². The second kappa shape index (κ2) is 12.1. The van der Waals surface area contributed by atoms with Crippen molar-refractivity contribution in [1.82, 2.24) is 0 Å². The van der Waals surface area contributed by atoms with E-state index in [1.807, 2.05) is 6.07 Å². The fourth-order valence-corrected chi connectivity index (χ4v) is 2.57. The van der Waals surface area contributed by atoms with Crippen LogP contribution < -0.4 is 10.5 Å². The summed E-state index contributed by atoms with van der Waals surface area (Å²) in [6.45, 7) is 2.91. The molecule has 0 aromatic heterocycles. The minimum atomic E-state index is -0.432. The number of hydrogen-bond donors (Lipinski definition) is 1. The van der Waals surface area contributed by atoms with Crippen LogP contribution >= 0.6 is 0 Å². The molecule has 0 bridgehead atoms. The van der Waals surface area contributed by atoms with Gasteiger partial charge in [0.25, 0.3) is 5.91 Å². The molecule has 0 unspecified atom stereocenters. The lowest BCUT2D eigenvalue weighted by Crippen LogP contribution is -2.13. The molecule has 1 amide bonds. The Labute approximate surface area is 135 Å². The number of para-hydroxylation sites is 1. The molecule has 0 radical (unpaired) electrons. The molecule has 1 rings (SSSR count). The molecule has 0 heterocycles. The third-order valence-electron chi connectivity index (χ3n) is 3.91. The maximum absolute atomic E-state index is 11.3. The molecule has 2 N–H and O–H groups in total. The molecule has 0 aliphatic rings. The predicted molar refractivity (Wildman–Crippen MR) is 92.3 cm³/mol. The fraction of sp³-hybridized carbons (Fsp3) is 0.632. The summed E-state index contributed by atoms with van der Waals surface area (Å²) >= 11 is 0. The Morgan fingerprint density at radius 2 is 1.45 bits per heavy atom. The zero-order valence-corrected chi connectivity index (χ0v) is 14.0. The lowest BCUT2D eigenvalue weighted by Gasteiger charge is -2.09. The summed E-state index contributed by atoms with van der Waals surface area (Å²) in [5.74, 6) is 0.171. The largest absolute Gasteiger partial charge is 0.493 e. The highest BCUT2D eigenvalue weighted by Crippen LogP contribution is 2.18. The lowest BCUT2D eigenvalue weighted by molar-refractivity contribution is 0.0996. The van der Waals surface area contributed by atoms with Crippen LogP contribution in [0.5, 0.6) is 5.75 Å². The molecule has 0 aliphatic heterocycles. The van der Waals surface area contributed by atoms with Gasteiger partial charge in [-0.15, -0.1) is 0 Å². The molecule has 0 saturated carbocycles. The van der Waals surface area contributed by atoms with Crippen LogP contribution in [0.2, 0.25) is 0 Å². The quantitative estimate of drug-likeness (QED) is 0.516. The van der Waals surface area contributed by atoms with E-state index in [1.165, 1.54) is 57.8 Å². The molecule has 1 aromatic rings. The van der Waals surface area contributed by atoms with E-state index in [0.717, 1.165) is 6.42 Å². The number of nitrogens with two attached hydrogens (primary N) is 1. The van der Waals surface area contributed by atoms with Crippen LogP contribution in [0.1, 0.15) is 81.5 Å². The Bertz CT molecular complexity index is 418. The first-order valence-corrected chi connectivity index (χ1v) is 8.77. The minimum absolute atomic E-state index is 0.432. The van der Waals surface area contributed by atoms with Gasteiger partial charge < -0.3 is 10.5 Å². The summed E-state index contributed by atoms with van der Waals surface area (Å²) in [6.07, 6.45) is 13.0. The van der Waals surface area contributed by atoms with Crippen LogP contribution in [-0.4, -0.2) is 12.5 Å². The third kappa shape index (κ3) is 8.06. The fourth-order valence-electron chi connectivity index (χ4n) is 2.57. The zero-order valence-electron chi connectivity index (χ0n) is 14.0. The Morgan fingerprint density at radius 1 is 0.909 bits per heavy atom. The third-order valence-corrected chi connectivity index (χ3v) is 3.91. The molecule has 0 saturated heterocycles. The maximum Gasteiger partial charge on any atom is 0.252 e. The van der Waals surface area contributed by atoms with Crippen molar-refractivity contribution in [1.29, 1.82) is 0 Å². The molecule has 0 aliphatic carbocycles. The molecule has 124 valence electrons. The Morgan fingerprint density at radius 3 is 2.05 bits per heavy atom. The molecular weight excluding hydrogens is 274 g/mol. The van der Waals surface area contributed by atoms with Gasteiger partial charge in [-0.05, 0) is 18.6 Å². The number of ether oxygens (including phenoxy) is 1. The van der Waals surface area contributed by atoms with Gasteiger partial charge in [-0.25, -0.2) is 0 Å². The van der Waals surface area contributed by atoms with Crippen LogP contribution in [0.15, 0.2) is 24.3 Å². The Hall–Kier alpha value is -1.51. The van der Waals surface area contributed by atoms with Crippen molar-refractivity contribution in [2.24, 2.45) is 5.73 Å². The van der Waals surface area contributed by atoms with E-state index in [0.29, 0.717) is 17.9 Å². The van der Waals surface area contributed by atoms with Crippen molar-refractivity contribution in [3.63, 3.8) is 0 Å². The van der Waals surface area contributed by atoms with E-state index in [1.54, 1.807) is 18.2 Å². The van der Waals surface area contributed by atoms with Gasteiger partial charge in [0.1, 0.15) is 5.75 Å². The first-order valence-electron chi connectivity index (χ1n) is 8.77. The number of unbranched alkanes of at least 4 members (excludes halogenated alkanes) is 9. The summed E-state index contributed by atoms with van der Waals surface area (Å²) in [5.41, 5.74) is 5.79. The molecular formula is C19H31NO2. The highest BCUT2D eigenvalue weighted by molar-refractivity contribution is 5.95. The van der Waals surface area contributed by atoms with Crippen LogP contribution in [-0.2, 0) is 0 Å². The van der Waals surface area contributed by atoms with E-state index in [9.17, 15) is 4.79 Å². The molecule has 0 spiro atoms. The second-order valence-corrected chi connectivity index (χ2v) is 5.89. The van der Waals surface area contributed by atoms with E-state index < -0.39 is 5.91 Å². The molecule has 1 aromatic carbocycles. The van der Waals surface area contributed by atoms with Gasteiger partial charge >= 0.3 is 0 Å². The van der Waals surface area contributed by atoms with Gasteiger partial charge in [-0.1, -0.05) is 76.8 Å². The van der Waals surface area contributed by atoms with Crippen LogP contribution in [0.25, 0.3) is 0 Å². The Balaban J connectivity index is 2.01. The van der Waals surface area contributed by atoms with E-state index >= 15 is 0 Å². The van der Waals surface area contributed by atoms with Gasteiger partial charge in [0, 0.05) is 0 Å². The molecule has 22 heavy (non-hydrogen) atoms. The number of carbonyl (C=O) groups is 1. The highest BCUT2D eigenvalue weighted by Gasteiger charge is 2.07. The van der Waals surface area contributed by atoms with E-state index in [4.69, 9.17) is 10.5 Å². The average Bonchev–Trinajstić information content (AvgIpc) is 2.53. The SMILES string of the molecule is CCCCCCCCCCCCOc1ccccc1C(N)=O. The Kier molecular flexibility index (Phi) is 10.2. The van der Waals surface area contributed by atoms with Crippen molar-refractivity contribution in [2.45, 2.75) is 71.1 Å². The normalized spacial score (nSPS) is 10.6. The number of hydrogen-bond acceptors (Lipinski definition) is 2. The van der Waals surface area contributed by atoms with Gasteiger partial charge in [-0.2, -0.15) is 0 Å². The average molecular weight is 305 g/mol. The summed E-state index contributed by atoms with van der Waals surface area (Å²) in [4.78, 5) is 11.3. The monoisotopic (exact) mass is 305 g/mol. The first-order chi connectivity index (χ1) is 10.8. The van der Waals surface area contributed by atoms with Crippen molar-refractivity contribution < 1.29 is 9.53 Å². The molecule has 0 atom stereocenters. The summed E-state index contributed by atoms with van der Waals surface area (Å²) < 4.78 is 5.67. The lowest BCUT2D eigenvalue weighted by atomic mass is 10.1. The maximum atomic E-state index is 11.3. The standard InChI is InChI=1S/C19H31NO2/c1-2-3-4-5-6-7-8-9-10-13-16-22-18-15-12-11-14-17(18)19(20)21/h11-12,14-15H,2-10,13,16H2,1H3,(H2,20,21). The first kappa shape index (κ1) is 18.5. The smallest absolute Gasteiger partial charge is 0.252 e. The van der Waals surface area contributed by atoms with Crippen LogP contribution in [0.4, 0.5) is 0 Å². The molecule has 3 nitrogen and oxygen atoms in total. The van der Waals surface area contributed by atoms with Crippen molar-refractivity contribution in [2.75, 3.05) is 6.61 Å². The van der Waals surface area contributed by atoms with Gasteiger partial charge in [-0.3, -0.25) is 4.79 Å². The summed E-state index contributed by atoms with van der Waals surface area (Å²) in [6, 6.07) is 7.17. The second-order valence-electron chi connectivity index (χ2n) is 5.89. The predicted octanol–water partition coefficient (Wildman–Crippen LogP) is 5.09. The van der Waals surface area contributed by atoms with Gasteiger partial charge in [0.2, 0.25) is 0 Å².